The maximum atomic E-state index is 10.3. The van der Waals surface area contributed by atoms with Gasteiger partial charge in [-0.2, -0.15) is 0 Å². The van der Waals surface area contributed by atoms with Gasteiger partial charge in [0.15, 0.2) is 0 Å². The van der Waals surface area contributed by atoms with Gasteiger partial charge in [-0.15, -0.1) is 0 Å². The van der Waals surface area contributed by atoms with Crippen molar-refractivity contribution in [1.29, 1.82) is 0 Å². The quantitative estimate of drug-likeness (QED) is 0.0856. The summed E-state index contributed by atoms with van der Waals surface area (Å²) in [6.45, 7) is 11.8. The molecule has 0 saturated heterocycles. The third-order valence-corrected chi connectivity index (χ3v) is 8.97. The largest absolute Gasteiger partial charge is 0.518 e. The second-order valence-electron chi connectivity index (χ2n) is 8.65. The van der Waals surface area contributed by atoms with E-state index in [0.29, 0.717) is 26.2 Å². The van der Waals surface area contributed by atoms with E-state index in [4.69, 9.17) is 24.1 Å². The molecule has 0 aliphatic rings. The Labute approximate surface area is 212 Å². The average Bonchev–Trinajstić information content (AvgIpc) is 2.81. The number of carboxylic acids is 1. The van der Waals surface area contributed by atoms with Crippen molar-refractivity contribution >= 4 is 14.8 Å². The van der Waals surface area contributed by atoms with E-state index in [1.54, 1.807) is 0 Å². The van der Waals surface area contributed by atoms with Gasteiger partial charge in [-0.05, 0) is 59.3 Å². The van der Waals surface area contributed by atoms with Crippen molar-refractivity contribution in [1.82, 2.24) is 0 Å². The fourth-order valence-electron chi connectivity index (χ4n) is 3.65. The summed E-state index contributed by atoms with van der Waals surface area (Å²) < 4.78 is 16.9. The lowest BCUT2D eigenvalue weighted by Crippen LogP contribution is -2.60. The Bertz CT molecular complexity index is 445. The van der Waals surface area contributed by atoms with Crippen molar-refractivity contribution in [2.75, 3.05) is 19.8 Å². The molecule has 0 aromatic heterocycles. The number of allylic oxidation sites excluding steroid dienone is 2. The zero-order valence-electron chi connectivity index (χ0n) is 23.1. The van der Waals surface area contributed by atoms with Gasteiger partial charge in [0.1, 0.15) is 0 Å². The van der Waals surface area contributed by atoms with Gasteiger partial charge in [0, 0.05) is 26.2 Å². The molecule has 1 atom stereocenters. The fraction of sp³-hybridized carbons (Fsp3) is 0.889. The number of aliphatic carboxylic acids is 1. The topological polar surface area (TPSA) is 91.0 Å². The van der Waals surface area contributed by atoms with Crippen molar-refractivity contribution in [2.45, 2.75) is 137 Å². The highest BCUT2D eigenvalue weighted by Crippen LogP contribution is 2.15. The van der Waals surface area contributed by atoms with E-state index in [9.17, 15) is 4.79 Å². The Morgan fingerprint density at radius 2 is 1.15 bits per heavy atom. The van der Waals surface area contributed by atoms with Gasteiger partial charge in [0.25, 0.3) is 0 Å². The van der Waals surface area contributed by atoms with Gasteiger partial charge in [0.2, 0.25) is 0 Å². The number of carboxylic acid groups (broad SMARTS) is 1. The van der Waals surface area contributed by atoms with Crippen LogP contribution >= 0.6 is 0 Å². The molecule has 0 aliphatic carbocycles. The minimum absolute atomic E-state index is 0.123. The summed E-state index contributed by atoms with van der Waals surface area (Å²) in [5.41, 5.74) is 5.87. The van der Waals surface area contributed by atoms with Crippen LogP contribution in [0.4, 0.5) is 0 Å². The van der Waals surface area contributed by atoms with Crippen LogP contribution in [0.25, 0.3) is 0 Å². The van der Waals surface area contributed by atoms with E-state index in [1.165, 1.54) is 70.6 Å². The summed E-state index contributed by atoms with van der Waals surface area (Å²) in [5.74, 6) is -0.664. The fourth-order valence-corrected chi connectivity index (χ4v) is 6.25. The minimum atomic E-state index is -2.62. The van der Waals surface area contributed by atoms with E-state index in [0.717, 1.165) is 19.3 Å². The van der Waals surface area contributed by atoms with Gasteiger partial charge >= 0.3 is 14.8 Å². The van der Waals surface area contributed by atoms with Crippen molar-refractivity contribution in [3.8, 4) is 0 Å². The highest BCUT2D eigenvalue weighted by molar-refractivity contribution is 6.62. The van der Waals surface area contributed by atoms with E-state index >= 15 is 0 Å². The second kappa shape index (κ2) is 26.9. The number of hydrogen-bond acceptors (Lipinski definition) is 5. The first-order valence-electron chi connectivity index (χ1n) is 14.0. The Balaban J connectivity index is 0. The Morgan fingerprint density at radius 3 is 1.53 bits per heavy atom. The molecule has 0 fully saturated rings. The molecule has 0 aromatic carbocycles. The first-order chi connectivity index (χ1) is 16.4. The number of hydrogen-bond donors (Lipinski definition) is 2. The first-order valence-corrected chi connectivity index (χ1v) is 15.8. The van der Waals surface area contributed by atoms with Crippen LogP contribution in [-0.4, -0.2) is 45.4 Å². The van der Waals surface area contributed by atoms with Crippen molar-refractivity contribution in [3.63, 3.8) is 0 Å². The molecular weight excluding hydrogens is 446 g/mol. The Hall–Kier alpha value is -0.733. The van der Waals surface area contributed by atoms with Crippen LogP contribution in [0.15, 0.2) is 12.2 Å². The zero-order valence-corrected chi connectivity index (χ0v) is 24.1. The minimum Gasteiger partial charge on any atom is -0.481 e. The summed E-state index contributed by atoms with van der Waals surface area (Å²) in [5, 5.41) is 8.51. The van der Waals surface area contributed by atoms with Crippen LogP contribution in [0.1, 0.15) is 131 Å². The maximum Gasteiger partial charge on any atom is 0.518 e. The lowest BCUT2D eigenvalue weighted by Gasteiger charge is -2.32. The monoisotopic (exact) mass is 503 g/mol. The third-order valence-electron chi connectivity index (χ3n) is 5.58. The molecule has 3 N–H and O–H groups in total. The molecular formula is C27H57NO5Si. The van der Waals surface area contributed by atoms with E-state index in [1.807, 2.05) is 27.7 Å². The molecule has 0 rings (SSSR count). The summed E-state index contributed by atoms with van der Waals surface area (Å²) in [6.07, 6.45) is 22.1. The van der Waals surface area contributed by atoms with Gasteiger partial charge in [-0.25, -0.2) is 0 Å². The lowest BCUT2D eigenvalue weighted by molar-refractivity contribution is -0.137. The Kier molecular flexibility index (Phi) is 28.0. The predicted octanol–water partition coefficient (Wildman–Crippen LogP) is 7.42. The highest BCUT2D eigenvalue weighted by atomic mass is 28.4. The van der Waals surface area contributed by atoms with Crippen LogP contribution in [-0.2, 0) is 18.1 Å². The predicted molar refractivity (Wildman–Crippen MR) is 146 cm³/mol. The highest BCUT2D eigenvalue weighted by Gasteiger charge is 2.46. The summed E-state index contributed by atoms with van der Waals surface area (Å²) in [6, 6.07) is 0. The molecule has 1 unspecified atom stereocenters. The molecule has 34 heavy (non-hydrogen) atoms. The molecule has 0 amide bonds. The van der Waals surface area contributed by atoms with Crippen molar-refractivity contribution < 1.29 is 23.2 Å². The van der Waals surface area contributed by atoms with Gasteiger partial charge in [-0.1, -0.05) is 77.4 Å². The standard InChI is InChI=1S/C18H34O2.C9H23NO3Si/c1-2-3-4-5-6-7-8-9-10-11-12-13-14-15-16-17-18(19)20;1-5-9(10)14(11-6-2,12-7-3)13-8-4/h9-10H,2-8,11-17H2,1H3,(H,19,20);9H,5-8,10H2,1-4H3/b10-9-;. The molecule has 0 bridgehead atoms. The van der Waals surface area contributed by atoms with Crippen LogP contribution in [0, 0.1) is 0 Å². The summed E-state index contributed by atoms with van der Waals surface area (Å²) in [4.78, 5) is 10.3. The number of rotatable bonds is 23. The van der Waals surface area contributed by atoms with E-state index < -0.39 is 14.8 Å². The molecule has 0 radical (unpaired) electrons. The maximum absolute atomic E-state index is 10.3. The van der Waals surface area contributed by atoms with Gasteiger partial charge < -0.3 is 24.1 Å². The number of carbonyl (C=O) groups is 1. The zero-order chi connectivity index (χ0) is 25.9. The van der Waals surface area contributed by atoms with E-state index in [-0.39, 0.29) is 5.67 Å². The number of unbranched alkanes of at least 4 members (excludes halogenated alkanes) is 11. The van der Waals surface area contributed by atoms with Crippen LogP contribution in [0.3, 0.4) is 0 Å². The molecule has 0 aliphatic heterocycles. The molecule has 0 spiro atoms. The lowest BCUT2D eigenvalue weighted by atomic mass is 10.1. The third kappa shape index (κ3) is 21.8. The smallest absolute Gasteiger partial charge is 0.481 e. The molecule has 0 heterocycles. The van der Waals surface area contributed by atoms with Gasteiger partial charge in [0.05, 0.1) is 5.67 Å². The Morgan fingerprint density at radius 1 is 0.735 bits per heavy atom. The average molecular weight is 504 g/mol. The van der Waals surface area contributed by atoms with Gasteiger partial charge in [-0.3, -0.25) is 4.79 Å². The van der Waals surface area contributed by atoms with Crippen molar-refractivity contribution in [3.05, 3.63) is 12.2 Å². The van der Waals surface area contributed by atoms with Crippen molar-refractivity contribution in [2.24, 2.45) is 5.73 Å². The number of nitrogens with two attached hydrogens (primary N) is 1. The molecule has 6 nitrogen and oxygen atoms in total. The van der Waals surface area contributed by atoms with Crippen LogP contribution in [0.2, 0.25) is 0 Å². The second-order valence-corrected chi connectivity index (χ2v) is 11.5. The SMILES string of the molecule is CCCCCCCC/C=C\CCCCCCCC(=O)O.CCO[Si](OCC)(OCC)C(N)CC. The van der Waals surface area contributed by atoms with Crippen LogP contribution < -0.4 is 5.73 Å². The van der Waals surface area contributed by atoms with E-state index in [2.05, 4.69) is 19.1 Å². The molecule has 204 valence electrons. The molecule has 0 saturated carbocycles. The normalized spacial score (nSPS) is 12.5. The molecule has 7 heteroatoms. The summed E-state index contributed by atoms with van der Waals surface area (Å²) >= 11 is 0. The first kappa shape index (κ1) is 35.4. The molecule has 0 aromatic rings. The summed E-state index contributed by atoms with van der Waals surface area (Å²) in [7, 11) is -2.62. The van der Waals surface area contributed by atoms with Crippen LogP contribution in [0.5, 0.6) is 0 Å².